The second kappa shape index (κ2) is 8.59. The summed E-state index contributed by atoms with van der Waals surface area (Å²) in [6, 6.07) is 8.31. The third-order valence-corrected chi connectivity index (χ3v) is 5.42. The normalized spacial score (nSPS) is 18.2. The van der Waals surface area contributed by atoms with E-state index in [1.807, 2.05) is 22.7 Å². The molecular formula is C18H28N2OS. The van der Waals surface area contributed by atoms with Crippen molar-refractivity contribution in [3.63, 3.8) is 0 Å². The maximum Gasteiger partial charge on any atom is 0.241 e. The molecule has 2 rings (SSSR count). The lowest BCUT2D eigenvalue weighted by Gasteiger charge is -2.26. The van der Waals surface area contributed by atoms with Gasteiger partial charge in [0.1, 0.15) is 0 Å². The standard InChI is InChI=1S/C18H28N2OS/c1-4-6-12-19(5-2)14-18(21)20-13-11-15(3)22-17-10-8-7-9-16(17)20/h7-10,15H,4-6,11-14H2,1-3H3. The lowest BCUT2D eigenvalue weighted by Crippen LogP contribution is -2.41. The molecule has 0 spiro atoms. The first kappa shape index (κ1) is 17.4. The van der Waals surface area contributed by atoms with E-state index in [0.29, 0.717) is 11.8 Å². The summed E-state index contributed by atoms with van der Waals surface area (Å²) in [4.78, 5) is 18.3. The number of benzene rings is 1. The summed E-state index contributed by atoms with van der Waals surface area (Å²) in [5.74, 6) is 0.236. The van der Waals surface area contributed by atoms with Gasteiger partial charge in [-0.3, -0.25) is 9.69 Å². The van der Waals surface area contributed by atoms with Crippen LogP contribution in [-0.4, -0.2) is 42.2 Å². The Kier molecular flexibility index (Phi) is 6.77. The summed E-state index contributed by atoms with van der Waals surface area (Å²) in [6.07, 6.45) is 3.38. The van der Waals surface area contributed by atoms with Crippen molar-refractivity contribution < 1.29 is 4.79 Å². The molecule has 0 saturated carbocycles. The number of rotatable bonds is 6. The highest BCUT2D eigenvalue weighted by Gasteiger charge is 2.24. The van der Waals surface area contributed by atoms with Crippen LogP contribution in [-0.2, 0) is 4.79 Å². The molecule has 0 aliphatic carbocycles. The maximum atomic E-state index is 12.8. The molecule has 1 amide bonds. The van der Waals surface area contributed by atoms with Crippen LogP contribution in [0.4, 0.5) is 5.69 Å². The van der Waals surface area contributed by atoms with Gasteiger partial charge in [-0.1, -0.05) is 39.3 Å². The summed E-state index contributed by atoms with van der Waals surface area (Å²) in [6.45, 7) is 9.89. The minimum atomic E-state index is 0.236. The Hall–Kier alpha value is -1.00. The van der Waals surface area contributed by atoms with Crippen LogP contribution in [0.15, 0.2) is 29.2 Å². The molecule has 0 saturated heterocycles. The molecule has 1 atom stereocenters. The zero-order valence-corrected chi connectivity index (χ0v) is 14.9. The van der Waals surface area contributed by atoms with Crippen molar-refractivity contribution in [2.24, 2.45) is 0 Å². The molecular weight excluding hydrogens is 292 g/mol. The van der Waals surface area contributed by atoms with Crippen LogP contribution in [0, 0.1) is 0 Å². The second-order valence-corrected chi connectivity index (χ2v) is 7.43. The Bertz CT molecular complexity index is 492. The highest BCUT2D eigenvalue weighted by Crippen LogP contribution is 2.37. The van der Waals surface area contributed by atoms with E-state index >= 15 is 0 Å². The van der Waals surface area contributed by atoms with E-state index < -0.39 is 0 Å². The van der Waals surface area contributed by atoms with Crippen LogP contribution in [0.1, 0.15) is 40.0 Å². The molecule has 1 aliphatic heterocycles. The molecule has 122 valence electrons. The summed E-state index contributed by atoms with van der Waals surface area (Å²) in [7, 11) is 0. The molecule has 0 bridgehead atoms. The van der Waals surface area contributed by atoms with E-state index in [9.17, 15) is 4.79 Å². The number of amides is 1. The first-order chi connectivity index (χ1) is 10.7. The van der Waals surface area contributed by atoms with Gasteiger partial charge >= 0.3 is 0 Å². The van der Waals surface area contributed by atoms with Crippen LogP contribution in [0.2, 0.25) is 0 Å². The number of para-hydroxylation sites is 1. The fourth-order valence-corrected chi connectivity index (χ4v) is 3.87. The molecule has 0 fully saturated rings. The monoisotopic (exact) mass is 320 g/mol. The average Bonchev–Trinajstić information content (AvgIpc) is 2.69. The molecule has 1 aromatic rings. The number of unbranched alkanes of at least 4 members (excludes halogenated alkanes) is 1. The molecule has 22 heavy (non-hydrogen) atoms. The number of likely N-dealkylation sites (N-methyl/N-ethyl adjacent to an activating group) is 1. The van der Waals surface area contributed by atoms with Crippen LogP contribution in [0.3, 0.4) is 0 Å². The van der Waals surface area contributed by atoms with Crippen molar-refractivity contribution in [2.75, 3.05) is 31.1 Å². The van der Waals surface area contributed by atoms with Gasteiger partial charge in [-0.05, 0) is 38.1 Å². The smallest absolute Gasteiger partial charge is 0.241 e. The van der Waals surface area contributed by atoms with Gasteiger partial charge in [0.25, 0.3) is 0 Å². The van der Waals surface area contributed by atoms with E-state index in [4.69, 9.17) is 0 Å². The number of nitrogens with zero attached hydrogens (tertiary/aromatic N) is 2. The summed E-state index contributed by atoms with van der Waals surface area (Å²) >= 11 is 1.88. The van der Waals surface area contributed by atoms with Crippen molar-refractivity contribution in [1.29, 1.82) is 0 Å². The summed E-state index contributed by atoms with van der Waals surface area (Å²) in [5.41, 5.74) is 1.09. The number of hydrogen-bond donors (Lipinski definition) is 0. The van der Waals surface area contributed by atoms with Gasteiger partial charge < -0.3 is 4.90 Å². The fourth-order valence-electron chi connectivity index (χ4n) is 2.75. The van der Waals surface area contributed by atoms with Crippen molar-refractivity contribution in [3.05, 3.63) is 24.3 Å². The highest BCUT2D eigenvalue weighted by molar-refractivity contribution is 8.00. The highest BCUT2D eigenvalue weighted by atomic mass is 32.2. The van der Waals surface area contributed by atoms with Gasteiger partial charge in [0.2, 0.25) is 5.91 Å². The molecule has 1 aromatic carbocycles. The van der Waals surface area contributed by atoms with Crippen LogP contribution in [0.5, 0.6) is 0 Å². The first-order valence-corrected chi connectivity index (χ1v) is 9.32. The SMILES string of the molecule is CCCCN(CC)CC(=O)N1CCC(C)Sc2ccccc21. The largest absolute Gasteiger partial charge is 0.310 e. The Balaban J connectivity index is 2.11. The molecule has 0 aromatic heterocycles. The second-order valence-electron chi connectivity index (χ2n) is 5.95. The zero-order valence-electron chi connectivity index (χ0n) is 14.0. The van der Waals surface area contributed by atoms with Crippen molar-refractivity contribution in [1.82, 2.24) is 4.90 Å². The Morgan fingerprint density at radius 2 is 2.14 bits per heavy atom. The van der Waals surface area contributed by atoms with Gasteiger partial charge in [-0.15, -0.1) is 11.8 Å². The minimum absolute atomic E-state index is 0.236. The molecule has 0 N–H and O–H groups in total. The number of carbonyl (C=O) groups excluding carboxylic acids is 1. The number of thioether (sulfide) groups is 1. The predicted octanol–water partition coefficient (Wildman–Crippen LogP) is 4.03. The number of fused-ring (bicyclic) bond motifs is 1. The van der Waals surface area contributed by atoms with Crippen molar-refractivity contribution >= 4 is 23.4 Å². The molecule has 1 aliphatic rings. The Morgan fingerprint density at radius 3 is 2.86 bits per heavy atom. The van der Waals surface area contributed by atoms with Crippen LogP contribution >= 0.6 is 11.8 Å². The van der Waals surface area contributed by atoms with Gasteiger partial charge in [0.05, 0.1) is 12.2 Å². The van der Waals surface area contributed by atoms with Gasteiger partial charge in [-0.25, -0.2) is 0 Å². The van der Waals surface area contributed by atoms with Gasteiger partial charge in [0.15, 0.2) is 0 Å². The van der Waals surface area contributed by atoms with E-state index in [1.165, 1.54) is 11.3 Å². The van der Waals surface area contributed by atoms with Crippen LogP contribution < -0.4 is 4.90 Å². The lowest BCUT2D eigenvalue weighted by atomic mass is 10.2. The van der Waals surface area contributed by atoms with Crippen LogP contribution in [0.25, 0.3) is 0 Å². The summed E-state index contributed by atoms with van der Waals surface area (Å²) < 4.78 is 0. The number of hydrogen-bond acceptors (Lipinski definition) is 3. The van der Waals surface area contributed by atoms with Gasteiger partial charge in [-0.2, -0.15) is 0 Å². The lowest BCUT2D eigenvalue weighted by molar-refractivity contribution is -0.119. The minimum Gasteiger partial charge on any atom is -0.310 e. The number of carbonyl (C=O) groups is 1. The molecule has 0 radical (unpaired) electrons. The third kappa shape index (κ3) is 4.50. The molecule has 3 nitrogen and oxygen atoms in total. The quantitative estimate of drug-likeness (QED) is 0.791. The first-order valence-electron chi connectivity index (χ1n) is 8.44. The molecule has 4 heteroatoms. The van der Waals surface area contributed by atoms with E-state index in [-0.39, 0.29) is 5.91 Å². The van der Waals surface area contributed by atoms with Gasteiger partial charge in [0, 0.05) is 16.7 Å². The average molecular weight is 321 g/mol. The zero-order chi connectivity index (χ0) is 15.9. The van der Waals surface area contributed by atoms with E-state index in [1.54, 1.807) is 0 Å². The van der Waals surface area contributed by atoms with Crippen molar-refractivity contribution in [3.8, 4) is 0 Å². The fraction of sp³-hybridized carbons (Fsp3) is 0.611. The molecule has 1 unspecified atom stereocenters. The Labute approximate surface area is 139 Å². The van der Waals surface area contributed by atoms with E-state index in [2.05, 4.69) is 43.9 Å². The van der Waals surface area contributed by atoms with Crippen molar-refractivity contribution in [2.45, 2.75) is 50.2 Å². The third-order valence-electron chi connectivity index (χ3n) is 4.18. The number of anilines is 1. The van der Waals surface area contributed by atoms with E-state index in [0.717, 1.165) is 38.2 Å². The predicted molar refractivity (Wildman–Crippen MR) is 95.8 cm³/mol. The Morgan fingerprint density at radius 1 is 1.36 bits per heavy atom. The topological polar surface area (TPSA) is 23.6 Å². The molecule has 1 heterocycles. The maximum absolute atomic E-state index is 12.8. The summed E-state index contributed by atoms with van der Waals surface area (Å²) in [5, 5.41) is 0.557.